The Kier molecular flexibility index (Phi) is 5.56. The Labute approximate surface area is 161 Å². The summed E-state index contributed by atoms with van der Waals surface area (Å²) in [6, 6.07) is 17.0. The Bertz CT molecular complexity index is 908. The van der Waals surface area contributed by atoms with E-state index in [0.717, 1.165) is 12.0 Å². The van der Waals surface area contributed by atoms with E-state index in [-0.39, 0.29) is 17.1 Å². The predicted molar refractivity (Wildman–Crippen MR) is 110 cm³/mol. The summed E-state index contributed by atoms with van der Waals surface area (Å²) >= 11 is 0. The van der Waals surface area contributed by atoms with Gasteiger partial charge in [0.2, 0.25) is 15.9 Å². The molecule has 1 aliphatic rings. The van der Waals surface area contributed by atoms with Crippen molar-refractivity contribution >= 4 is 27.3 Å². The molecule has 1 N–H and O–H groups in total. The van der Waals surface area contributed by atoms with Crippen LogP contribution < -0.4 is 9.62 Å². The molecular formula is C21H26N2O3S. The monoisotopic (exact) mass is 386 g/mol. The number of nitrogens with zero attached hydrogens (tertiary/aromatic N) is 1. The molecule has 0 saturated carbocycles. The Morgan fingerprint density at radius 2 is 1.81 bits per heavy atom. The number of hydrogen-bond acceptors (Lipinski definition) is 3. The van der Waals surface area contributed by atoms with Gasteiger partial charge >= 0.3 is 0 Å². The van der Waals surface area contributed by atoms with Crippen LogP contribution in [0.2, 0.25) is 0 Å². The molecule has 0 bridgehead atoms. The van der Waals surface area contributed by atoms with Crippen LogP contribution in [0.3, 0.4) is 0 Å². The largest absolute Gasteiger partial charge is 0.326 e. The molecule has 0 aliphatic carbocycles. The SMILES string of the molecule is CC(C)(CC(=O)Nc1cccc(N2CCCCS2(=O)=O)c1)c1ccccc1. The van der Waals surface area contributed by atoms with Gasteiger partial charge in [-0.05, 0) is 42.0 Å². The van der Waals surface area contributed by atoms with Gasteiger partial charge in [0.1, 0.15) is 0 Å². The molecule has 0 unspecified atom stereocenters. The van der Waals surface area contributed by atoms with Crippen molar-refractivity contribution in [1.82, 2.24) is 0 Å². The summed E-state index contributed by atoms with van der Waals surface area (Å²) in [5.74, 6) is 0.0805. The molecule has 5 nitrogen and oxygen atoms in total. The van der Waals surface area contributed by atoms with E-state index in [1.807, 2.05) is 44.2 Å². The van der Waals surface area contributed by atoms with Gasteiger partial charge in [-0.25, -0.2) is 8.42 Å². The van der Waals surface area contributed by atoms with Crippen LogP contribution >= 0.6 is 0 Å². The molecule has 1 fully saturated rings. The van der Waals surface area contributed by atoms with Gasteiger partial charge in [0.15, 0.2) is 0 Å². The first-order chi connectivity index (χ1) is 12.8. The van der Waals surface area contributed by atoms with Crippen LogP contribution in [0.15, 0.2) is 54.6 Å². The van der Waals surface area contributed by atoms with Gasteiger partial charge in [0, 0.05) is 18.7 Å². The van der Waals surface area contributed by atoms with E-state index in [1.54, 1.807) is 24.3 Å². The molecule has 1 amide bonds. The quantitative estimate of drug-likeness (QED) is 0.847. The van der Waals surface area contributed by atoms with Crippen LogP contribution in [0.1, 0.15) is 38.7 Å². The minimum Gasteiger partial charge on any atom is -0.326 e. The average molecular weight is 387 g/mol. The second kappa shape index (κ2) is 7.72. The first-order valence-corrected chi connectivity index (χ1v) is 10.8. The zero-order valence-corrected chi connectivity index (χ0v) is 16.6. The summed E-state index contributed by atoms with van der Waals surface area (Å²) in [4.78, 5) is 12.6. The van der Waals surface area contributed by atoms with E-state index in [2.05, 4.69) is 5.32 Å². The number of sulfonamides is 1. The summed E-state index contributed by atoms with van der Waals surface area (Å²) < 4.78 is 26.0. The lowest BCUT2D eigenvalue weighted by atomic mass is 9.81. The molecule has 0 atom stereocenters. The highest BCUT2D eigenvalue weighted by molar-refractivity contribution is 7.92. The summed E-state index contributed by atoms with van der Waals surface area (Å²) in [7, 11) is -3.27. The van der Waals surface area contributed by atoms with Crippen molar-refractivity contribution in [2.24, 2.45) is 0 Å². The van der Waals surface area contributed by atoms with Gasteiger partial charge in [0.05, 0.1) is 11.4 Å². The highest BCUT2D eigenvalue weighted by atomic mass is 32.2. The van der Waals surface area contributed by atoms with E-state index in [4.69, 9.17) is 0 Å². The topological polar surface area (TPSA) is 66.5 Å². The lowest BCUT2D eigenvalue weighted by Gasteiger charge is -2.28. The number of benzene rings is 2. The minimum absolute atomic E-state index is 0.0949. The number of carbonyl (C=O) groups excluding carboxylic acids is 1. The van der Waals surface area contributed by atoms with E-state index in [9.17, 15) is 13.2 Å². The molecule has 0 radical (unpaired) electrons. The molecule has 1 heterocycles. The fourth-order valence-electron chi connectivity index (χ4n) is 3.42. The number of rotatable bonds is 5. The van der Waals surface area contributed by atoms with Gasteiger partial charge in [-0.3, -0.25) is 9.10 Å². The summed E-state index contributed by atoms with van der Waals surface area (Å²) in [5, 5.41) is 2.91. The van der Waals surface area contributed by atoms with Gasteiger partial charge in [-0.2, -0.15) is 0 Å². The van der Waals surface area contributed by atoms with Crippen LogP contribution in [-0.2, 0) is 20.2 Å². The van der Waals surface area contributed by atoms with Crippen molar-refractivity contribution in [3.8, 4) is 0 Å². The molecule has 6 heteroatoms. The van der Waals surface area contributed by atoms with Gasteiger partial charge in [-0.15, -0.1) is 0 Å². The lowest BCUT2D eigenvalue weighted by Crippen LogP contribution is -2.37. The number of hydrogen-bond donors (Lipinski definition) is 1. The molecular weight excluding hydrogens is 360 g/mol. The molecule has 0 spiro atoms. The second-order valence-corrected chi connectivity index (χ2v) is 9.63. The Morgan fingerprint density at radius 3 is 2.52 bits per heavy atom. The standard InChI is InChI=1S/C21H26N2O3S/c1-21(2,17-9-4-3-5-10-17)16-20(24)22-18-11-8-12-19(15-18)23-13-6-7-14-27(23,25)26/h3-5,8-12,15H,6-7,13-14,16H2,1-2H3,(H,22,24). The van der Waals surface area contributed by atoms with Crippen molar-refractivity contribution in [3.63, 3.8) is 0 Å². The highest BCUT2D eigenvalue weighted by Gasteiger charge is 2.27. The fraction of sp³-hybridized carbons (Fsp3) is 0.381. The van der Waals surface area contributed by atoms with Crippen LogP contribution in [0.4, 0.5) is 11.4 Å². The Hall–Kier alpha value is -2.34. The van der Waals surface area contributed by atoms with E-state index < -0.39 is 10.0 Å². The average Bonchev–Trinajstić information content (AvgIpc) is 2.62. The highest BCUT2D eigenvalue weighted by Crippen LogP contribution is 2.29. The number of anilines is 2. The van der Waals surface area contributed by atoms with Crippen molar-refractivity contribution in [3.05, 3.63) is 60.2 Å². The molecule has 2 aromatic rings. The zero-order valence-electron chi connectivity index (χ0n) is 15.8. The molecule has 27 heavy (non-hydrogen) atoms. The Morgan fingerprint density at radius 1 is 1.07 bits per heavy atom. The van der Waals surface area contributed by atoms with E-state index >= 15 is 0 Å². The summed E-state index contributed by atoms with van der Waals surface area (Å²) in [6.07, 6.45) is 1.88. The van der Waals surface area contributed by atoms with Crippen molar-refractivity contribution in [2.45, 2.75) is 38.5 Å². The molecule has 2 aromatic carbocycles. The molecule has 3 rings (SSSR count). The van der Waals surface area contributed by atoms with Crippen LogP contribution in [0.25, 0.3) is 0 Å². The first kappa shape index (κ1) is 19.4. The third kappa shape index (κ3) is 4.69. The maximum atomic E-state index is 12.6. The lowest BCUT2D eigenvalue weighted by molar-refractivity contribution is -0.117. The molecule has 1 saturated heterocycles. The summed E-state index contributed by atoms with van der Waals surface area (Å²) in [6.45, 7) is 4.57. The first-order valence-electron chi connectivity index (χ1n) is 9.24. The maximum absolute atomic E-state index is 12.6. The maximum Gasteiger partial charge on any atom is 0.235 e. The van der Waals surface area contributed by atoms with E-state index in [1.165, 1.54) is 4.31 Å². The van der Waals surface area contributed by atoms with Crippen molar-refractivity contribution in [2.75, 3.05) is 21.9 Å². The molecule has 0 aromatic heterocycles. The Balaban J connectivity index is 1.72. The van der Waals surface area contributed by atoms with Gasteiger partial charge < -0.3 is 5.32 Å². The van der Waals surface area contributed by atoms with Gasteiger partial charge in [0.25, 0.3) is 0 Å². The van der Waals surface area contributed by atoms with Crippen molar-refractivity contribution < 1.29 is 13.2 Å². The van der Waals surface area contributed by atoms with Gasteiger partial charge in [-0.1, -0.05) is 50.2 Å². The number of carbonyl (C=O) groups is 1. The predicted octanol–water partition coefficient (Wildman–Crippen LogP) is 3.92. The normalized spacial score (nSPS) is 16.7. The van der Waals surface area contributed by atoms with E-state index in [0.29, 0.717) is 30.8 Å². The minimum atomic E-state index is -3.27. The third-order valence-electron chi connectivity index (χ3n) is 4.92. The molecule has 144 valence electrons. The molecule has 1 aliphatic heterocycles. The number of nitrogens with one attached hydrogen (secondary N) is 1. The third-order valence-corrected chi connectivity index (χ3v) is 6.79. The second-order valence-electron chi connectivity index (χ2n) is 7.62. The fourth-order valence-corrected chi connectivity index (χ4v) is 5.05. The zero-order chi connectivity index (χ0) is 19.5. The summed E-state index contributed by atoms with van der Waals surface area (Å²) in [5.41, 5.74) is 2.03. The van der Waals surface area contributed by atoms with Crippen LogP contribution in [0.5, 0.6) is 0 Å². The van der Waals surface area contributed by atoms with Crippen molar-refractivity contribution in [1.29, 1.82) is 0 Å². The number of amides is 1. The smallest absolute Gasteiger partial charge is 0.235 e. The van der Waals surface area contributed by atoms with Crippen LogP contribution in [-0.4, -0.2) is 26.6 Å². The van der Waals surface area contributed by atoms with Crippen LogP contribution in [0, 0.1) is 0 Å².